The second-order valence-corrected chi connectivity index (χ2v) is 4.97. The molecule has 7 nitrogen and oxygen atoms in total. The maximum Gasteiger partial charge on any atom is 0.339 e. The molecule has 0 unspecified atom stereocenters. The van der Waals surface area contributed by atoms with Crippen molar-refractivity contribution in [3.05, 3.63) is 27.7 Å². The van der Waals surface area contributed by atoms with Crippen molar-refractivity contribution in [3.8, 4) is 0 Å². The van der Waals surface area contributed by atoms with E-state index in [0.717, 1.165) is 0 Å². The van der Waals surface area contributed by atoms with E-state index in [0.29, 0.717) is 21.3 Å². The van der Waals surface area contributed by atoms with Crippen molar-refractivity contribution >= 4 is 39.6 Å². The highest BCUT2D eigenvalue weighted by atomic mass is 79.9. The maximum atomic E-state index is 11.7. The third-order valence-electron chi connectivity index (χ3n) is 2.68. The van der Waals surface area contributed by atoms with Crippen LogP contribution in [-0.2, 0) is 9.53 Å². The molecule has 0 heterocycles. The number of carbonyl (C=O) groups excluding carboxylic acids is 2. The van der Waals surface area contributed by atoms with Gasteiger partial charge in [-0.2, -0.15) is 0 Å². The van der Waals surface area contributed by atoms with E-state index >= 15 is 0 Å². The zero-order valence-electron chi connectivity index (χ0n) is 11.5. The molecule has 0 spiro atoms. The molecule has 0 fully saturated rings. The fraction of sp³-hybridized carbons (Fsp3) is 0.308. The van der Waals surface area contributed by atoms with E-state index in [2.05, 4.69) is 31.3 Å². The molecule has 0 saturated carbocycles. The van der Waals surface area contributed by atoms with Crippen molar-refractivity contribution in [3.63, 3.8) is 0 Å². The maximum absolute atomic E-state index is 11.7. The zero-order chi connectivity index (χ0) is 16.0. The monoisotopic (exact) mass is 358 g/mol. The average Bonchev–Trinajstić information content (AvgIpc) is 2.41. The molecule has 1 aromatic rings. The quantitative estimate of drug-likeness (QED) is 0.699. The predicted octanol–water partition coefficient (Wildman–Crippen LogP) is 2.14. The normalized spacial score (nSPS) is 9.86. The minimum absolute atomic E-state index is 0.0145. The Balaban J connectivity index is 2.82. The Kier molecular flexibility index (Phi) is 6.16. The molecule has 8 heteroatoms. The second-order valence-electron chi connectivity index (χ2n) is 4.11. The van der Waals surface area contributed by atoms with Crippen LogP contribution in [0.3, 0.4) is 0 Å². The summed E-state index contributed by atoms with van der Waals surface area (Å²) in [5.74, 6) is -1.52. The molecule has 0 radical (unpaired) electrons. The molecule has 0 aromatic heterocycles. The van der Waals surface area contributed by atoms with Gasteiger partial charge >= 0.3 is 18.0 Å². The Bertz CT molecular complexity index is 574. The second kappa shape index (κ2) is 7.63. The lowest BCUT2D eigenvalue weighted by Crippen LogP contribution is -2.31. The number of benzene rings is 1. The summed E-state index contributed by atoms with van der Waals surface area (Å²) in [4.78, 5) is 33.7. The number of anilines is 1. The molecule has 0 aliphatic rings. The Morgan fingerprint density at radius 1 is 1.33 bits per heavy atom. The highest BCUT2D eigenvalue weighted by Crippen LogP contribution is 2.27. The number of halogens is 1. The van der Waals surface area contributed by atoms with Gasteiger partial charge in [0.1, 0.15) is 0 Å². The Morgan fingerprint density at radius 3 is 2.57 bits per heavy atom. The standard InChI is InChI=1S/C13H15BrN2O5/c1-7-9(16-13(20)15-6-5-10(17)18)4-3-8(14)11(7)12(19)21-2/h3-4H,5-6H2,1-2H3,(H,17,18)(H2,15,16,20). The number of esters is 1. The Labute approximate surface area is 129 Å². The van der Waals surface area contributed by atoms with Crippen LogP contribution in [0, 0.1) is 6.92 Å². The van der Waals surface area contributed by atoms with E-state index in [4.69, 9.17) is 5.11 Å². The van der Waals surface area contributed by atoms with E-state index in [1.54, 1.807) is 19.1 Å². The number of aliphatic carboxylic acids is 1. The first kappa shape index (κ1) is 17.0. The van der Waals surface area contributed by atoms with E-state index < -0.39 is 18.0 Å². The van der Waals surface area contributed by atoms with Crippen LogP contribution in [-0.4, -0.2) is 36.7 Å². The molecule has 114 valence electrons. The average molecular weight is 359 g/mol. The van der Waals surface area contributed by atoms with Gasteiger partial charge in [-0.05, 0) is 40.5 Å². The number of hydrogen-bond donors (Lipinski definition) is 3. The predicted molar refractivity (Wildman–Crippen MR) is 79.5 cm³/mol. The highest BCUT2D eigenvalue weighted by molar-refractivity contribution is 9.10. The van der Waals surface area contributed by atoms with Crippen LogP contribution in [0.4, 0.5) is 10.5 Å². The summed E-state index contributed by atoms with van der Waals surface area (Å²) < 4.78 is 5.25. The van der Waals surface area contributed by atoms with Gasteiger partial charge < -0.3 is 20.5 Å². The van der Waals surface area contributed by atoms with Crippen LogP contribution in [0.25, 0.3) is 0 Å². The first-order chi connectivity index (χ1) is 9.86. The van der Waals surface area contributed by atoms with Crippen molar-refractivity contribution < 1.29 is 24.2 Å². The summed E-state index contributed by atoms with van der Waals surface area (Å²) in [6.07, 6.45) is -0.167. The molecular formula is C13H15BrN2O5. The Hall–Kier alpha value is -2.09. The summed E-state index contributed by atoms with van der Waals surface area (Å²) in [5, 5.41) is 13.5. The molecule has 21 heavy (non-hydrogen) atoms. The number of carboxylic acids is 1. The van der Waals surface area contributed by atoms with Gasteiger partial charge in [0.05, 0.1) is 19.1 Å². The molecular weight excluding hydrogens is 344 g/mol. The first-order valence-electron chi connectivity index (χ1n) is 6.01. The highest BCUT2D eigenvalue weighted by Gasteiger charge is 2.17. The molecule has 0 aliphatic carbocycles. The lowest BCUT2D eigenvalue weighted by molar-refractivity contribution is -0.136. The smallest absolute Gasteiger partial charge is 0.339 e. The number of hydrogen-bond acceptors (Lipinski definition) is 4. The minimum atomic E-state index is -0.997. The fourth-order valence-electron chi connectivity index (χ4n) is 1.62. The first-order valence-corrected chi connectivity index (χ1v) is 6.80. The largest absolute Gasteiger partial charge is 0.481 e. The third-order valence-corrected chi connectivity index (χ3v) is 3.34. The van der Waals surface area contributed by atoms with Crippen molar-refractivity contribution in [1.82, 2.24) is 5.32 Å². The van der Waals surface area contributed by atoms with Crippen molar-refractivity contribution in [2.75, 3.05) is 19.0 Å². The number of ether oxygens (including phenoxy) is 1. The van der Waals surface area contributed by atoms with E-state index in [1.165, 1.54) is 7.11 Å². The van der Waals surface area contributed by atoms with E-state index in [9.17, 15) is 14.4 Å². The molecule has 2 amide bonds. The van der Waals surface area contributed by atoms with Gasteiger partial charge in [-0.1, -0.05) is 0 Å². The van der Waals surface area contributed by atoms with Crippen molar-refractivity contribution in [2.45, 2.75) is 13.3 Å². The molecule has 3 N–H and O–H groups in total. The van der Waals surface area contributed by atoms with Gasteiger partial charge in [-0.15, -0.1) is 0 Å². The van der Waals surface area contributed by atoms with Crippen LogP contribution >= 0.6 is 15.9 Å². The van der Waals surface area contributed by atoms with E-state index in [1.807, 2.05) is 0 Å². The molecule has 0 saturated heterocycles. The van der Waals surface area contributed by atoms with Crippen LogP contribution < -0.4 is 10.6 Å². The molecule has 1 aromatic carbocycles. The summed E-state index contributed by atoms with van der Waals surface area (Å²) >= 11 is 3.25. The van der Waals surface area contributed by atoms with E-state index in [-0.39, 0.29) is 13.0 Å². The van der Waals surface area contributed by atoms with Gasteiger partial charge in [-0.25, -0.2) is 9.59 Å². The molecule has 1 rings (SSSR count). The van der Waals surface area contributed by atoms with Gasteiger partial charge in [0, 0.05) is 16.7 Å². The number of methoxy groups -OCH3 is 1. The van der Waals surface area contributed by atoms with Crippen LogP contribution in [0.2, 0.25) is 0 Å². The topological polar surface area (TPSA) is 105 Å². The lowest BCUT2D eigenvalue weighted by Gasteiger charge is -2.13. The minimum Gasteiger partial charge on any atom is -0.481 e. The number of carbonyl (C=O) groups is 3. The lowest BCUT2D eigenvalue weighted by atomic mass is 10.1. The molecule has 0 atom stereocenters. The molecule has 0 bridgehead atoms. The molecule has 0 aliphatic heterocycles. The number of amides is 2. The number of carboxylic acid groups (broad SMARTS) is 1. The van der Waals surface area contributed by atoms with Crippen molar-refractivity contribution in [1.29, 1.82) is 0 Å². The Morgan fingerprint density at radius 2 is 2.00 bits per heavy atom. The van der Waals surface area contributed by atoms with Crippen LogP contribution in [0.15, 0.2) is 16.6 Å². The van der Waals surface area contributed by atoms with Crippen molar-refractivity contribution in [2.24, 2.45) is 0 Å². The van der Waals surface area contributed by atoms with Crippen LogP contribution in [0.5, 0.6) is 0 Å². The zero-order valence-corrected chi connectivity index (χ0v) is 13.1. The summed E-state index contributed by atoms with van der Waals surface area (Å²) in [7, 11) is 1.27. The summed E-state index contributed by atoms with van der Waals surface area (Å²) in [6, 6.07) is 2.70. The van der Waals surface area contributed by atoms with Gasteiger partial charge in [0.15, 0.2) is 0 Å². The summed E-state index contributed by atoms with van der Waals surface area (Å²) in [6.45, 7) is 1.68. The SMILES string of the molecule is COC(=O)c1c(Br)ccc(NC(=O)NCCC(=O)O)c1C. The van der Waals surface area contributed by atoms with Gasteiger partial charge in [-0.3, -0.25) is 4.79 Å². The third kappa shape index (κ3) is 4.75. The number of nitrogens with one attached hydrogen (secondary N) is 2. The number of urea groups is 1. The number of rotatable bonds is 5. The van der Waals surface area contributed by atoms with Gasteiger partial charge in [0.25, 0.3) is 0 Å². The van der Waals surface area contributed by atoms with Gasteiger partial charge in [0.2, 0.25) is 0 Å². The fourth-order valence-corrected chi connectivity index (χ4v) is 2.21. The summed E-state index contributed by atoms with van der Waals surface area (Å²) in [5.41, 5.74) is 1.30. The van der Waals surface area contributed by atoms with Crippen LogP contribution in [0.1, 0.15) is 22.3 Å².